The van der Waals surface area contributed by atoms with Crippen LogP contribution in [0.15, 0.2) is 42.5 Å². The van der Waals surface area contributed by atoms with Crippen molar-refractivity contribution >= 4 is 5.91 Å². The monoisotopic (exact) mass is 313 g/mol. The van der Waals surface area contributed by atoms with E-state index in [-0.39, 0.29) is 18.6 Å². The van der Waals surface area contributed by atoms with Gasteiger partial charge in [0.05, 0.1) is 13.2 Å². The smallest absolute Gasteiger partial charge is 0.258 e. The minimum atomic E-state index is -0.154. The Morgan fingerprint density at radius 2 is 1.83 bits per heavy atom. The topological polar surface area (TPSA) is 47.6 Å². The van der Waals surface area contributed by atoms with Crippen LogP contribution in [0, 0.1) is 13.8 Å². The molecule has 2 aromatic carbocycles. The van der Waals surface area contributed by atoms with E-state index in [9.17, 15) is 4.79 Å². The number of benzene rings is 2. The lowest BCUT2D eigenvalue weighted by Gasteiger charge is -2.16. The summed E-state index contributed by atoms with van der Waals surface area (Å²) >= 11 is 0. The average Bonchev–Trinajstić information content (AvgIpc) is 2.55. The summed E-state index contributed by atoms with van der Waals surface area (Å²) in [7, 11) is 1.59. The van der Waals surface area contributed by atoms with Crippen molar-refractivity contribution in [2.75, 3.05) is 13.7 Å². The van der Waals surface area contributed by atoms with Crippen molar-refractivity contribution in [1.82, 2.24) is 5.32 Å². The van der Waals surface area contributed by atoms with E-state index < -0.39 is 0 Å². The van der Waals surface area contributed by atoms with E-state index >= 15 is 0 Å². The third-order valence-electron chi connectivity index (χ3n) is 3.82. The third kappa shape index (κ3) is 4.74. The second kappa shape index (κ2) is 7.68. The van der Waals surface area contributed by atoms with E-state index in [1.165, 1.54) is 11.1 Å². The lowest BCUT2D eigenvalue weighted by molar-refractivity contribution is -0.123. The van der Waals surface area contributed by atoms with Crippen LogP contribution in [0.3, 0.4) is 0 Å². The number of rotatable bonds is 6. The molecule has 23 heavy (non-hydrogen) atoms. The Morgan fingerprint density at radius 3 is 2.52 bits per heavy atom. The van der Waals surface area contributed by atoms with Crippen LogP contribution in [-0.2, 0) is 4.79 Å². The van der Waals surface area contributed by atoms with Crippen molar-refractivity contribution in [3.8, 4) is 11.5 Å². The Kier molecular flexibility index (Phi) is 5.63. The van der Waals surface area contributed by atoms with Gasteiger partial charge in [-0.2, -0.15) is 0 Å². The van der Waals surface area contributed by atoms with Gasteiger partial charge >= 0.3 is 0 Å². The first kappa shape index (κ1) is 16.9. The molecule has 0 saturated carbocycles. The SMILES string of the molecule is COc1cccc(OCC(=O)N[C@H](C)c2ccc(C)c(C)c2)c1. The van der Waals surface area contributed by atoms with Gasteiger partial charge in [-0.3, -0.25) is 4.79 Å². The van der Waals surface area contributed by atoms with Gasteiger partial charge in [0.15, 0.2) is 6.61 Å². The highest BCUT2D eigenvalue weighted by Gasteiger charge is 2.11. The van der Waals surface area contributed by atoms with Crippen molar-refractivity contribution in [3.63, 3.8) is 0 Å². The van der Waals surface area contributed by atoms with Gasteiger partial charge in [0.1, 0.15) is 11.5 Å². The lowest BCUT2D eigenvalue weighted by atomic mass is 10.0. The molecule has 2 rings (SSSR count). The van der Waals surface area contributed by atoms with Gasteiger partial charge in [0, 0.05) is 6.07 Å². The van der Waals surface area contributed by atoms with Crippen LogP contribution in [0.4, 0.5) is 0 Å². The number of carbonyl (C=O) groups is 1. The number of hydrogen-bond acceptors (Lipinski definition) is 3. The predicted octanol–water partition coefficient (Wildman–Crippen LogP) is 3.57. The molecule has 0 unspecified atom stereocenters. The largest absolute Gasteiger partial charge is 0.497 e. The van der Waals surface area contributed by atoms with Crippen LogP contribution in [0.2, 0.25) is 0 Å². The van der Waals surface area contributed by atoms with Gasteiger partial charge in [-0.05, 0) is 49.6 Å². The summed E-state index contributed by atoms with van der Waals surface area (Å²) in [5.41, 5.74) is 3.55. The number of ether oxygens (including phenoxy) is 2. The summed E-state index contributed by atoms with van der Waals surface area (Å²) in [4.78, 5) is 12.0. The maximum atomic E-state index is 12.0. The molecule has 1 N–H and O–H groups in total. The number of aryl methyl sites for hydroxylation is 2. The summed E-state index contributed by atoms with van der Waals surface area (Å²) in [6.07, 6.45) is 0. The molecule has 0 spiro atoms. The van der Waals surface area contributed by atoms with Crippen molar-refractivity contribution in [2.45, 2.75) is 26.8 Å². The Balaban J connectivity index is 1.89. The Bertz CT molecular complexity index is 682. The zero-order chi connectivity index (χ0) is 16.8. The van der Waals surface area contributed by atoms with Crippen LogP contribution >= 0.6 is 0 Å². The van der Waals surface area contributed by atoms with E-state index in [4.69, 9.17) is 9.47 Å². The van der Waals surface area contributed by atoms with Crippen molar-refractivity contribution in [1.29, 1.82) is 0 Å². The number of methoxy groups -OCH3 is 1. The fourth-order valence-electron chi connectivity index (χ4n) is 2.24. The first-order valence-corrected chi connectivity index (χ1v) is 7.63. The average molecular weight is 313 g/mol. The minimum absolute atomic E-state index is 0.0254. The molecule has 0 radical (unpaired) electrons. The molecule has 0 aromatic heterocycles. The standard InChI is InChI=1S/C19H23NO3/c1-13-8-9-16(10-14(13)2)15(3)20-19(21)12-23-18-7-5-6-17(11-18)22-4/h5-11,15H,12H2,1-4H3,(H,20,21)/t15-/m1/s1. The van der Waals surface area contributed by atoms with Crippen LogP contribution in [-0.4, -0.2) is 19.6 Å². The maximum Gasteiger partial charge on any atom is 0.258 e. The molecule has 0 aliphatic heterocycles. The van der Waals surface area contributed by atoms with Crippen molar-refractivity contribution < 1.29 is 14.3 Å². The summed E-state index contributed by atoms with van der Waals surface area (Å²) in [6, 6.07) is 13.3. The van der Waals surface area contributed by atoms with E-state index in [2.05, 4.69) is 31.3 Å². The van der Waals surface area contributed by atoms with E-state index in [0.29, 0.717) is 11.5 Å². The van der Waals surface area contributed by atoms with Crippen LogP contribution in [0.25, 0.3) is 0 Å². The van der Waals surface area contributed by atoms with Crippen LogP contribution < -0.4 is 14.8 Å². The van der Waals surface area contributed by atoms with Crippen LogP contribution in [0.5, 0.6) is 11.5 Å². The zero-order valence-corrected chi connectivity index (χ0v) is 14.1. The summed E-state index contributed by atoms with van der Waals surface area (Å²) in [5.74, 6) is 1.16. The van der Waals surface area contributed by atoms with Crippen molar-refractivity contribution in [2.24, 2.45) is 0 Å². The summed E-state index contributed by atoms with van der Waals surface area (Å²) < 4.78 is 10.6. The number of amides is 1. The Labute approximate surface area is 137 Å². The Morgan fingerprint density at radius 1 is 1.09 bits per heavy atom. The quantitative estimate of drug-likeness (QED) is 0.887. The zero-order valence-electron chi connectivity index (χ0n) is 14.1. The molecule has 0 aliphatic rings. The molecule has 0 saturated heterocycles. The number of carbonyl (C=O) groups excluding carboxylic acids is 1. The maximum absolute atomic E-state index is 12.0. The highest BCUT2D eigenvalue weighted by atomic mass is 16.5. The highest BCUT2D eigenvalue weighted by Crippen LogP contribution is 2.19. The minimum Gasteiger partial charge on any atom is -0.497 e. The molecule has 0 bridgehead atoms. The molecular weight excluding hydrogens is 290 g/mol. The summed E-state index contributed by atoms with van der Waals surface area (Å²) in [6.45, 7) is 6.08. The lowest BCUT2D eigenvalue weighted by Crippen LogP contribution is -2.31. The third-order valence-corrected chi connectivity index (χ3v) is 3.82. The molecule has 2 aromatic rings. The predicted molar refractivity (Wildman–Crippen MR) is 91.0 cm³/mol. The molecule has 1 amide bonds. The van der Waals surface area contributed by atoms with Gasteiger partial charge in [0.2, 0.25) is 0 Å². The number of nitrogens with one attached hydrogen (secondary N) is 1. The van der Waals surface area contributed by atoms with Crippen molar-refractivity contribution in [3.05, 3.63) is 59.2 Å². The first-order chi connectivity index (χ1) is 11.0. The molecule has 0 aliphatic carbocycles. The second-order valence-electron chi connectivity index (χ2n) is 5.60. The van der Waals surface area contributed by atoms with Gasteiger partial charge < -0.3 is 14.8 Å². The van der Waals surface area contributed by atoms with E-state index in [0.717, 1.165) is 5.56 Å². The fraction of sp³-hybridized carbons (Fsp3) is 0.316. The molecule has 0 heterocycles. The fourth-order valence-corrected chi connectivity index (χ4v) is 2.24. The molecule has 1 atom stereocenters. The van der Waals surface area contributed by atoms with Gasteiger partial charge in [-0.1, -0.05) is 24.3 Å². The van der Waals surface area contributed by atoms with Gasteiger partial charge in [-0.25, -0.2) is 0 Å². The molecule has 4 nitrogen and oxygen atoms in total. The van der Waals surface area contributed by atoms with Crippen LogP contribution in [0.1, 0.15) is 29.7 Å². The van der Waals surface area contributed by atoms with E-state index in [1.54, 1.807) is 19.2 Å². The summed E-state index contributed by atoms with van der Waals surface area (Å²) in [5, 5.41) is 2.95. The first-order valence-electron chi connectivity index (χ1n) is 7.63. The number of hydrogen-bond donors (Lipinski definition) is 1. The highest BCUT2D eigenvalue weighted by molar-refractivity contribution is 5.78. The van der Waals surface area contributed by atoms with E-state index in [1.807, 2.05) is 25.1 Å². The molecule has 122 valence electrons. The Hall–Kier alpha value is -2.49. The van der Waals surface area contributed by atoms with Gasteiger partial charge in [-0.15, -0.1) is 0 Å². The second-order valence-corrected chi connectivity index (χ2v) is 5.60. The molecular formula is C19H23NO3. The normalized spacial score (nSPS) is 11.7. The molecule has 4 heteroatoms. The molecule has 0 fully saturated rings. The van der Waals surface area contributed by atoms with Gasteiger partial charge in [0.25, 0.3) is 5.91 Å².